The molecule has 0 saturated carbocycles. The molecule has 0 N–H and O–H groups in total. The summed E-state index contributed by atoms with van der Waals surface area (Å²) in [5.74, 6) is 0.117. The first kappa shape index (κ1) is 13.8. The van der Waals surface area contributed by atoms with Gasteiger partial charge in [0.25, 0.3) is 0 Å². The molecule has 1 aliphatic heterocycles. The molecule has 3 aromatic rings. The van der Waals surface area contributed by atoms with Gasteiger partial charge in [0.05, 0.1) is 0 Å². The van der Waals surface area contributed by atoms with E-state index >= 15 is 0 Å². The summed E-state index contributed by atoms with van der Waals surface area (Å²) in [4.78, 5) is 15.2. The van der Waals surface area contributed by atoms with Crippen molar-refractivity contribution in [2.24, 2.45) is 0 Å². The maximum atomic E-state index is 12.9. The second-order valence-corrected chi connectivity index (χ2v) is 5.85. The topological polar surface area (TPSA) is 20.3 Å². The zero-order valence-electron chi connectivity index (χ0n) is 12.8. The molecule has 2 nitrogen and oxygen atoms in total. The van der Waals surface area contributed by atoms with Crippen molar-refractivity contribution in [3.8, 4) is 0 Å². The number of carbonyl (C=O) groups is 1. The van der Waals surface area contributed by atoms with Crippen LogP contribution in [0.4, 0.5) is 5.69 Å². The molecule has 2 heteroatoms. The van der Waals surface area contributed by atoms with Crippen molar-refractivity contribution in [2.75, 3.05) is 4.90 Å². The van der Waals surface area contributed by atoms with Gasteiger partial charge in [-0.1, -0.05) is 66.7 Å². The molecule has 0 radical (unpaired) electrons. The van der Waals surface area contributed by atoms with Crippen molar-refractivity contribution in [3.05, 3.63) is 101 Å². The predicted octanol–water partition coefficient (Wildman–Crippen LogP) is 4.44. The Hall–Kier alpha value is -2.87. The van der Waals surface area contributed by atoms with Gasteiger partial charge in [0.2, 0.25) is 0 Å². The minimum atomic E-state index is 0.117. The standard InChI is InChI=1S/C21H17NO/c23-21-18-11-5-4-10-17(18)15-22(14-16-8-2-1-3-9-16)20-13-7-6-12-19(20)21/h1-13H,14-15H2. The van der Waals surface area contributed by atoms with Crippen LogP contribution in [0.5, 0.6) is 0 Å². The van der Waals surface area contributed by atoms with Gasteiger partial charge in [-0.3, -0.25) is 4.79 Å². The molecule has 0 fully saturated rings. The first-order chi connectivity index (χ1) is 11.3. The highest BCUT2D eigenvalue weighted by Gasteiger charge is 2.24. The smallest absolute Gasteiger partial charge is 0.195 e. The van der Waals surface area contributed by atoms with Gasteiger partial charge in [-0.15, -0.1) is 0 Å². The molecule has 0 saturated heterocycles. The second-order valence-electron chi connectivity index (χ2n) is 5.85. The zero-order chi connectivity index (χ0) is 15.6. The minimum Gasteiger partial charge on any atom is -0.362 e. The van der Waals surface area contributed by atoms with E-state index < -0.39 is 0 Å². The zero-order valence-corrected chi connectivity index (χ0v) is 12.8. The Kier molecular flexibility index (Phi) is 3.43. The normalized spacial score (nSPS) is 13.2. The third-order valence-electron chi connectivity index (χ3n) is 4.33. The van der Waals surface area contributed by atoms with Crippen LogP contribution in [0.25, 0.3) is 0 Å². The van der Waals surface area contributed by atoms with E-state index in [1.54, 1.807) is 0 Å². The van der Waals surface area contributed by atoms with Crippen LogP contribution >= 0.6 is 0 Å². The predicted molar refractivity (Wildman–Crippen MR) is 92.6 cm³/mol. The average molecular weight is 299 g/mol. The van der Waals surface area contributed by atoms with Crippen molar-refractivity contribution >= 4 is 11.5 Å². The van der Waals surface area contributed by atoms with Gasteiger partial charge in [-0.05, 0) is 23.3 Å². The summed E-state index contributed by atoms with van der Waals surface area (Å²) in [5.41, 5.74) is 4.94. The largest absolute Gasteiger partial charge is 0.362 e. The molecular formula is C21H17NO. The van der Waals surface area contributed by atoms with Crippen LogP contribution < -0.4 is 4.90 Å². The Morgan fingerprint density at radius 1 is 0.739 bits per heavy atom. The van der Waals surface area contributed by atoms with E-state index in [4.69, 9.17) is 0 Å². The number of para-hydroxylation sites is 1. The molecular weight excluding hydrogens is 282 g/mol. The average Bonchev–Trinajstić information content (AvgIpc) is 2.72. The number of carbonyl (C=O) groups excluding carboxylic acids is 1. The lowest BCUT2D eigenvalue weighted by atomic mass is 9.99. The van der Waals surface area contributed by atoms with E-state index in [9.17, 15) is 4.79 Å². The number of ketones is 1. The van der Waals surface area contributed by atoms with Crippen molar-refractivity contribution < 1.29 is 4.79 Å². The number of fused-ring (bicyclic) bond motifs is 2. The van der Waals surface area contributed by atoms with Crippen LogP contribution in [0, 0.1) is 0 Å². The summed E-state index contributed by atoms with van der Waals surface area (Å²) in [6.07, 6.45) is 0. The number of hydrogen-bond acceptors (Lipinski definition) is 2. The van der Waals surface area contributed by atoms with Crippen LogP contribution in [0.3, 0.4) is 0 Å². The fourth-order valence-corrected chi connectivity index (χ4v) is 3.20. The molecule has 112 valence electrons. The molecule has 0 amide bonds. The van der Waals surface area contributed by atoms with Crippen LogP contribution in [0.15, 0.2) is 78.9 Å². The van der Waals surface area contributed by atoms with Gasteiger partial charge in [0.15, 0.2) is 5.78 Å². The summed E-state index contributed by atoms with van der Waals surface area (Å²) in [5, 5.41) is 0. The Morgan fingerprint density at radius 3 is 2.22 bits per heavy atom. The van der Waals surface area contributed by atoms with Crippen molar-refractivity contribution in [1.29, 1.82) is 0 Å². The Labute approximate surface area is 136 Å². The molecule has 0 atom stereocenters. The number of anilines is 1. The van der Waals surface area contributed by atoms with Crippen LogP contribution in [0.2, 0.25) is 0 Å². The highest BCUT2D eigenvalue weighted by Crippen LogP contribution is 2.31. The molecule has 0 aliphatic carbocycles. The minimum absolute atomic E-state index is 0.117. The van der Waals surface area contributed by atoms with Crippen molar-refractivity contribution in [1.82, 2.24) is 0 Å². The van der Waals surface area contributed by atoms with Crippen LogP contribution in [-0.4, -0.2) is 5.78 Å². The highest BCUT2D eigenvalue weighted by molar-refractivity contribution is 6.14. The van der Waals surface area contributed by atoms with Crippen LogP contribution in [-0.2, 0) is 13.1 Å². The number of hydrogen-bond donors (Lipinski definition) is 0. The summed E-state index contributed by atoms with van der Waals surface area (Å²) in [7, 11) is 0. The molecule has 3 aromatic carbocycles. The Balaban J connectivity index is 1.83. The fourth-order valence-electron chi connectivity index (χ4n) is 3.20. The highest BCUT2D eigenvalue weighted by atomic mass is 16.1. The summed E-state index contributed by atoms with van der Waals surface area (Å²) in [6, 6.07) is 26.2. The lowest BCUT2D eigenvalue weighted by Crippen LogP contribution is -2.22. The lowest BCUT2D eigenvalue weighted by molar-refractivity contribution is 0.103. The van der Waals surface area contributed by atoms with E-state index in [1.807, 2.05) is 48.5 Å². The molecule has 1 heterocycles. The lowest BCUT2D eigenvalue weighted by Gasteiger charge is -2.25. The summed E-state index contributed by atoms with van der Waals surface area (Å²) < 4.78 is 0. The Morgan fingerprint density at radius 2 is 1.39 bits per heavy atom. The molecule has 0 bridgehead atoms. The monoisotopic (exact) mass is 299 g/mol. The van der Waals surface area contributed by atoms with E-state index in [0.717, 1.165) is 35.5 Å². The molecule has 4 rings (SSSR count). The van der Waals surface area contributed by atoms with E-state index in [1.165, 1.54) is 5.56 Å². The molecule has 1 aliphatic rings. The molecule has 23 heavy (non-hydrogen) atoms. The summed E-state index contributed by atoms with van der Waals surface area (Å²) in [6.45, 7) is 1.54. The van der Waals surface area contributed by atoms with Crippen LogP contribution in [0.1, 0.15) is 27.0 Å². The van der Waals surface area contributed by atoms with Gasteiger partial charge >= 0.3 is 0 Å². The second kappa shape index (κ2) is 5.73. The molecule has 0 unspecified atom stereocenters. The number of rotatable bonds is 2. The quantitative estimate of drug-likeness (QED) is 0.697. The fraction of sp³-hybridized carbons (Fsp3) is 0.0952. The van der Waals surface area contributed by atoms with E-state index in [2.05, 4.69) is 35.2 Å². The first-order valence-electron chi connectivity index (χ1n) is 7.83. The maximum Gasteiger partial charge on any atom is 0.195 e. The Bertz CT molecular complexity index is 854. The third-order valence-corrected chi connectivity index (χ3v) is 4.33. The van der Waals surface area contributed by atoms with Gasteiger partial charge in [0.1, 0.15) is 0 Å². The van der Waals surface area contributed by atoms with Gasteiger partial charge in [-0.2, -0.15) is 0 Å². The van der Waals surface area contributed by atoms with Gasteiger partial charge < -0.3 is 4.90 Å². The number of nitrogens with zero attached hydrogens (tertiary/aromatic N) is 1. The molecule has 0 spiro atoms. The van der Waals surface area contributed by atoms with E-state index in [0.29, 0.717) is 0 Å². The van der Waals surface area contributed by atoms with Crippen molar-refractivity contribution in [3.63, 3.8) is 0 Å². The van der Waals surface area contributed by atoms with E-state index in [-0.39, 0.29) is 5.78 Å². The first-order valence-corrected chi connectivity index (χ1v) is 7.83. The third kappa shape index (κ3) is 2.53. The number of benzene rings is 3. The van der Waals surface area contributed by atoms with Gasteiger partial charge in [-0.25, -0.2) is 0 Å². The summed E-state index contributed by atoms with van der Waals surface area (Å²) >= 11 is 0. The van der Waals surface area contributed by atoms with Crippen molar-refractivity contribution in [2.45, 2.75) is 13.1 Å². The maximum absolute atomic E-state index is 12.9. The SMILES string of the molecule is O=C1c2ccccc2CN(Cc2ccccc2)c2ccccc21. The van der Waals surface area contributed by atoms with Gasteiger partial charge in [0, 0.05) is 29.9 Å². The molecule has 0 aromatic heterocycles.